The lowest BCUT2D eigenvalue weighted by Gasteiger charge is -2.17. The fourth-order valence-electron chi connectivity index (χ4n) is 4.30. The van der Waals surface area contributed by atoms with Crippen LogP contribution in [0.25, 0.3) is 6.08 Å². The third kappa shape index (κ3) is 3.05. The predicted molar refractivity (Wildman–Crippen MR) is 109 cm³/mol. The SMILES string of the molecule is CCB(CC)n1c(C)c(CC)c(C)c1/C=C1\N=C(C)C(CC)=C1C. The number of aliphatic imine (C=N–C) groups is 1. The standard InChI is InChI=1S/C21H33BN2/c1-9-18-14(5)20(23-16(18)7)13-21-15(6)19(10-2)17(8)24(21)22(11-3)12-4/h13H,9-12H2,1-8H3/b20-13-. The van der Waals surface area contributed by atoms with Crippen molar-refractivity contribution in [1.82, 2.24) is 4.48 Å². The topological polar surface area (TPSA) is 17.3 Å². The van der Waals surface area contributed by atoms with Gasteiger partial charge in [-0.15, -0.1) is 0 Å². The molecule has 0 saturated heterocycles. The molecule has 24 heavy (non-hydrogen) atoms. The summed E-state index contributed by atoms with van der Waals surface area (Å²) < 4.78 is 2.57. The van der Waals surface area contributed by atoms with Gasteiger partial charge in [0.25, 0.3) is 6.85 Å². The van der Waals surface area contributed by atoms with Crippen LogP contribution in [0.2, 0.25) is 12.6 Å². The van der Waals surface area contributed by atoms with Gasteiger partial charge in [-0.3, -0.25) is 4.99 Å². The molecule has 0 atom stereocenters. The third-order valence-corrected chi connectivity index (χ3v) is 5.74. The molecule has 0 aromatic carbocycles. The van der Waals surface area contributed by atoms with Gasteiger partial charge in [-0.05, 0) is 68.9 Å². The molecule has 0 fully saturated rings. The van der Waals surface area contributed by atoms with Crippen LogP contribution in [-0.2, 0) is 6.42 Å². The average molecular weight is 324 g/mol. The van der Waals surface area contributed by atoms with E-state index in [0.717, 1.165) is 18.5 Å². The lowest BCUT2D eigenvalue weighted by atomic mass is 9.56. The third-order valence-electron chi connectivity index (χ3n) is 5.74. The van der Waals surface area contributed by atoms with E-state index in [-0.39, 0.29) is 0 Å². The Kier molecular flexibility index (Phi) is 5.95. The van der Waals surface area contributed by atoms with Crippen LogP contribution in [0.4, 0.5) is 0 Å². The molecule has 1 aromatic heterocycles. The maximum atomic E-state index is 4.87. The van der Waals surface area contributed by atoms with Crippen LogP contribution in [-0.4, -0.2) is 17.0 Å². The van der Waals surface area contributed by atoms with E-state index in [4.69, 9.17) is 4.99 Å². The van der Waals surface area contributed by atoms with Crippen LogP contribution in [0, 0.1) is 13.8 Å². The Labute approximate surface area is 148 Å². The first-order valence-electron chi connectivity index (χ1n) is 9.58. The van der Waals surface area contributed by atoms with Gasteiger partial charge >= 0.3 is 0 Å². The van der Waals surface area contributed by atoms with Crippen molar-refractivity contribution in [3.63, 3.8) is 0 Å². The number of rotatable bonds is 6. The van der Waals surface area contributed by atoms with Crippen LogP contribution in [0.5, 0.6) is 0 Å². The molecule has 0 amide bonds. The molecule has 0 radical (unpaired) electrons. The number of hydrogen-bond acceptors (Lipinski definition) is 1. The molecule has 0 saturated carbocycles. The number of aromatic nitrogens is 1. The van der Waals surface area contributed by atoms with Gasteiger partial charge in [0.1, 0.15) is 0 Å². The zero-order valence-electron chi connectivity index (χ0n) is 16.9. The van der Waals surface area contributed by atoms with Crippen molar-refractivity contribution in [2.24, 2.45) is 4.99 Å². The number of allylic oxidation sites excluding steroid dienone is 2. The van der Waals surface area contributed by atoms with Crippen LogP contribution in [0.3, 0.4) is 0 Å². The molecule has 0 unspecified atom stereocenters. The zero-order valence-corrected chi connectivity index (χ0v) is 16.9. The first kappa shape index (κ1) is 18.8. The van der Waals surface area contributed by atoms with E-state index in [2.05, 4.69) is 65.9 Å². The molecular formula is C21H33BN2. The molecule has 2 nitrogen and oxygen atoms in total. The Bertz CT molecular complexity index is 713. The highest BCUT2D eigenvalue weighted by Gasteiger charge is 2.23. The zero-order chi connectivity index (χ0) is 18.0. The fourth-order valence-corrected chi connectivity index (χ4v) is 4.30. The number of nitrogens with zero attached hydrogens (tertiary/aromatic N) is 2. The van der Waals surface area contributed by atoms with E-state index in [9.17, 15) is 0 Å². The van der Waals surface area contributed by atoms with Crippen molar-refractivity contribution in [3.05, 3.63) is 39.4 Å². The molecule has 1 aliphatic rings. The first-order chi connectivity index (χ1) is 11.4. The van der Waals surface area contributed by atoms with Crippen LogP contribution in [0.15, 0.2) is 21.8 Å². The lowest BCUT2D eigenvalue weighted by molar-refractivity contribution is 1.01. The molecule has 0 bridgehead atoms. The minimum atomic E-state index is 0.567. The van der Waals surface area contributed by atoms with Gasteiger partial charge in [-0.25, -0.2) is 0 Å². The molecule has 0 aliphatic carbocycles. The largest absolute Gasteiger partial charge is 0.389 e. The second-order valence-corrected chi connectivity index (χ2v) is 6.95. The highest BCUT2D eigenvalue weighted by Crippen LogP contribution is 2.32. The van der Waals surface area contributed by atoms with Crippen molar-refractivity contribution in [1.29, 1.82) is 0 Å². The Balaban J connectivity index is 2.67. The normalized spacial score (nSPS) is 16.3. The maximum absolute atomic E-state index is 4.87. The van der Waals surface area contributed by atoms with E-state index in [1.54, 1.807) is 0 Å². The fraction of sp³-hybridized carbons (Fsp3) is 0.571. The first-order valence-corrected chi connectivity index (χ1v) is 9.58. The smallest absolute Gasteiger partial charge is 0.259 e. The van der Waals surface area contributed by atoms with E-state index in [1.807, 2.05) is 0 Å². The summed E-state index contributed by atoms with van der Waals surface area (Å²) in [5, 5.41) is 0. The second-order valence-electron chi connectivity index (χ2n) is 6.95. The monoisotopic (exact) mass is 324 g/mol. The van der Waals surface area contributed by atoms with E-state index in [0.29, 0.717) is 6.85 Å². The van der Waals surface area contributed by atoms with Crippen molar-refractivity contribution < 1.29 is 0 Å². The minimum Gasteiger partial charge on any atom is -0.389 e. The quantitative estimate of drug-likeness (QED) is 0.564. The highest BCUT2D eigenvalue weighted by atomic mass is 14.9. The molecule has 0 spiro atoms. The second kappa shape index (κ2) is 7.59. The van der Waals surface area contributed by atoms with E-state index in [1.165, 1.54) is 52.0 Å². The Morgan fingerprint density at radius 3 is 2.04 bits per heavy atom. The summed E-state index contributed by atoms with van der Waals surface area (Å²) in [5.41, 5.74) is 10.8. The Morgan fingerprint density at radius 1 is 0.958 bits per heavy atom. The van der Waals surface area contributed by atoms with Gasteiger partial charge in [0.2, 0.25) is 0 Å². The summed E-state index contributed by atoms with van der Waals surface area (Å²) in [5.74, 6) is 0. The van der Waals surface area contributed by atoms with Gasteiger partial charge in [-0.2, -0.15) is 0 Å². The molecular weight excluding hydrogens is 291 g/mol. The molecule has 2 rings (SSSR count). The summed E-state index contributed by atoms with van der Waals surface area (Å²) in [7, 11) is 0. The summed E-state index contributed by atoms with van der Waals surface area (Å²) in [4.78, 5) is 4.87. The highest BCUT2D eigenvalue weighted by molar-refractivity contribution is 6.57. The molecule has 3 heteroatoms. The summed E-state index contributed by atoms with van der Waals surface area (Å²) in [6.45, 7) is 18.6. The Morgan fingerprint density at radius 2 is 1.58 bits per heavy atom. The Hall–Kier alpha value is -1.51. The minimum absolute atomic E-state index is 0.567. The van der Waals surface area contributed by atoms with E-state index < -0.39 is 0 Å². The van der Waals surface area contributed by atoms with Crippen molar-refractivity contribution in [2.45, 2.75) is 80.9 Å². The molecule has 2 heterocycles. The molecule has 130 valence electrons. The molecule has 0 N–H and O–H groups in total. The van der Waals surface area contributed by atoms with Gasteiger partial charge in [0.05, 0.1) is 5.70 Å². The summed E-state index contributed by atoms with van der Waals surface area (Å²) in [6, 6.07) is 0. The van der Waals surface area contributed by atoms with Crippen LogP contribution in [0.1, 0.15) is 70.5 Å². The predicted octanol–water partition coefficient (Wildman–Crippen LogP) is 6.09. The molecule has 1 aliphatic heterocycles. The van der Waals surface area contributed by atoms with Gasteiger partial charge < -0.3 is 4.48 Å². The summed E-state index contributed by atoms with van der Waals surface area (Å²) in [6.07, 6.45) is 6.83. The van der Waals surface area contributed by atoms with Gasteiger partial charge in [-0.1, -0.05) is 40.3 Å². The van der Waals surface area contributed by atoms with Gasteiger partial charge in [0, 0.05) is 17.1 Å². The van der Waals surface area contributed by atoms with Crippen molar-refractivity contribution >= 4 is 18.6 Å². The van der Waals surface area contributed by atoms with Crippen LogP contribution < -0.4 is 0 Å². The van der Waals surface area contributed by atoms with Gasteiger partial charge in [0.15, 0.2) is 0 Å². The molecule has 1 aromatic rings. The maximum Gasteiger partial charge on any atom is 0.259 e. The summed E-state index contributed by atoms with van der Waals surface area (Å²) >= 11 is 0. The lowest BCUT2D eigenvalue weighted by Crippen LogP contribution is -2.24. The van der Waals surface area contributed by atoms with Crippen LogP contribution >= 0.6 is 0 Å². The average Bonchev–Trinajstić information content (AvgIpc) is 2.96. The van der Waals surface area contributed by atoms with Crippen molar-refractivity contribution in [3.8, 4) is 0 Å². The number of hydrogen-bond donors (Lipinski definition) is 0. The van der Waals surface area contributed by atoms with E-state index >= 15 is 0 Å². The van der Waals surface area contributed by atoms with Crippen molar-refractivity contribution in [2.75, 3.05) is 0 Å².